The number of rotatable bonds is 3. The Labute approximate surface area is 357 Å². The van der Waals surface area contributed by atoms with Gasteiger partial charge >= 0.3 is 76.7 Å². The van der Waals surface area contributed by atoms with E-state index in [9.17, 15) is 0 Å². The molecule has 0 bridgehead atoms. The molecule has 0 spiro atoms. The van der Waals surface area contributed by atoms with E-state index >= 15 is 0 Å². The summed E-state index contributed by atoms with van der Waals surface area (Å²) in [6, 6.07) is 26.7. The first-order chi connectivity index (χ1) is 24.5. The summed E-state index contributed by atoms with van der Waals surface area (Å²) in [6.45, 7) is 27.1. The minimum absolute atomic E-state index is 0. The van der Waals surface area contributed by atoms with Crippen molar-refractivity contribution in [3.8, 4) is 0 Å². The molecule has 0 nitrogen and oxygen atoms in total. The zero-order valence-electron chi connectivity index (χ0n) is 35.3. The number of benzene rings is 2. The number of aryl methyl sites for hydroxylation is 1. The van der Waals surface area contributed by atoms with Crippen LogP contribution in [0.15, 0.2) is 102 Å². The van der Waals surface area contributed by atoms with Gasteiger partial charge in [0.05, 0.1) is 0 Å². The molecule has 5 aliphatic rings. The summed E-state index contributed by atoms with van der Waals surface area (Å²) in [4.78, 5) is 0. The molecule has 5 aliphatic carbocycles. The second kappa shape index (κ2) is 17.0. The van der Waals surface area contributed by atoms with Crippen LogP contribution >= 0.6 is 0 Å². The van der Waals surface area contributed by atoms with Crippen molar-refractivity contribution in [2.45, 2.75) is 139 Å². The fourth-order valence-corrected chi connectivity index (χ4v) is 11.4. The first kappa shape index (κ1) is 44.9. The SMILES string of the molecule is CC[C](=[Zr+2])c1ccccc1.C[C-]1C2=C3Cc4ccccc4C3=C3C=CCCC3C2(C)C(C)(C)C(C)(C)C1(C)C.Cc1cc(C2(C)CCCCC2)c[cH-]1.[Cl-].[Cl-]. The molecule has 290 valence electrons. The van der Waals surface area contributed by atoms with Gasteiger partial charge in [-0.25, -0.2) is 12.0 Å². The van der Waals surface area contributed by atoms with E-state index in [1.807, 2.05) is 0 Å². The molecule has 0 N–H and O–H groups in total. The second-order valence-electron chi connectivity index (χ2n) is 18.7. The molecular weight excluding hydrogens is 775 g/mol. The number of hydrogen-bond acceptors (Lipinski definition) is 0. The third-order valence-electron chi connectivity index (χ3n) is 15.8. The average molecular weight is 841 g/mol. The summed E-state index contributed by atoms with van der Waals surface area (Å²) in [5, 5.41) is 0. The van der Waals surface area contributed by atoms with E-state index < -0.39 is 0 Å². The molecule has 8 rings (SSSR count). The normalized spacial score (nSPS) is 24.8. The van der Waals surface area contributed by atoms with Crippen molar-refractivity contribution < 1.29 is 49.0 Å². The smallest absolute Gasteiger partial charge is 0.00969 e. The van der Waals surface area contributed by atoms with E-state index in [1.165, 1.54) is 97.9 Å². The van der Waals surface area contributed by atoms with Crippen LogP contribution in [-0.2, 0) is 36.1 Å². The minimum Gasteiger partial charge on any atom is -1.00 e. The molecule has 0 aliphatic heterocycles. The van der Waals surface area contributed by atoms with Crippen molar-refractivity contribution in [3.63, 3.8) is 0 Å². The Bertz CT molecular complexity index is 1870. The molecular formula is C51H66Cl2Zr-2. The maximum Gasteiger partial charge on any atom is -0.00969 e. The van der Waals surface area contributed by atoms with Gasteiger partial charge < -0.3 is 24.8 Å². The van der Waals surface area contributed by atoms with E-state index in [1.54, 1.807) is 37.0 Å². The van der Waals surface area contributed by atoms with Crippen molar-refractivity contribution >= 4 is 8.78 Å². The second-order valence-corrected chi connectivity index (χ2v) is 20.2. The van der Waals surface area contributed by atoms with Crippen molar-refractivity contribution in [3.05, 3.63) is 135 Å². The molecule has 2 saturated carbocycles. The molecule has 0 amide bonds. The molecule has 0 heterocycles. The molecule has 2 atom stereocenters. The molecule has 2 unspecified atom stereocenters. The Morgan fingerprint density at radius 3 is 2.09 bits per heavy atom. The number of hydrogen-bond donors (Lipinski definition) is 0. The van der Waals surface area contributed by atoms with Gasteiger partial charge in [0.25, 0.3) is 0 Å². The largest absolute Gasteiger partial charge is 1.00 e. The van der Waals surface area contributed by atoms with Crippen LogP contribution in [-0.4, -0.2) is 3.21 Å². The van der Waals surface area contributed by atoms with Crippen molar-refractivity contribution in [2.75, 3.05) is 0 Å². The van der Waals surface area contributed by atoms with Gasteiger partial charge in [-0.2, -0.15) is 34.4 Å². The third kappa shape index (κ3) is 7.40. The van der Waals surface area contributed by atoms with Crippen molar-refractivity contribution in [1.29, 1.82) is 0 Å². The summed E-state index contributed by atoms with van der Waals surface area (Å²) in [6.07, 6.45) is 16.7. The first-order valence-corrected chi connectivity index (χ1v) is 21.7. The molecule has 3 heteroatoms. The van der Waals surface area contributed by atoms with Crippen molar-refractivity contribution in [1.82, 2.24) is 0 Å². The van der Waals surface area contributed by atoms with Gasteiger partial charge in [0.2, 0.25) is 0 Å². The topological polar surface area (TPSA) is 0 Å². The molecule has 0 saturated heterocycles. The summed E-state index contributed by atoms with van der Waals surface area (Å²) in [7, 11) is 0. The van der Waals surface area contributed by atoms with Crippen LogP contribution in [0.1, 0.15) is 148 Å². The van der Waals surface area contributed by atoms with Crippen LogP contribution in [0.2, 0.25) is 0 Å². The number of allylic oxidation sites excluding steroid dienone is 6. The van der Waals surface area contributed by atoms with Gasteiger partial charge in [0, 0.05) is 0 Å². The molecule has 2 fully saturated rings. The van der Waals surface area contributed by atoms with Gasteiger partial charge in [-0.3, -0.25) is 0 Å². The number of halogens is 2. The predicted octanol–water partition coefficient (Wildman–Crippen LogP) is 8.07. The van der Waals surface area contributed by atoms with E-state index in [0.717, 1.165) is 6.42 Å². The van der Waals surface area contributed by atoms with Crippen LogP contribution in [0.5, 0.6) is 0 Å². The molecule has 0 radical (unpaired) electrons. The predicted molar refractivity (Wildman–Crippen MR) is 222 cm³/mol. The standard InChI is InChI=1S/C29H37.C13H19.C9H10.2ClH.Zr/c1-18-25-22-17-19-13-9-10-14-20(19)24(22)21-15-11-12-16-23(21)29(25,8)28(6,7)27(4,5)26(18,2)3;1-11-6-7-12(10-11)13(2)8-4-3-5-9-13;1-2-6-9-7-4-3-5-8-9;;;/h9-11,13-15,23H,12,16-17H2,1-8H3;6-7,10H,3-5,8-9H2,1-2H3;3-5,7-8H,2H2,1H3;2*1H;/q2*-1;;;;+2/p-2. The van der Waals surface area contributed by atoms with Gasteiger partial charge in [-0.05, 0) is 40.6 Å². The van der Waals surface area contributed by atoms with Crippen LogP contribution in [0.25, 0.3) is 5.57 Å². The van der Waals surface area contributed by atoms with E-state index in [0.29, 0.717) is 11.3 Å². The van der Waals surface area contributed by atoms with Gasteiger partial charge in [0.15, 0.2) is 0 Å². The molecule has 3 aromatic rings. The van der Waals surface area contributed by atoms with Crippen LogP contribution in [0.3, 0.4) is 0 Å². The Balaban J connectivity index is 0.000000215. The summed E-state index contributed by atoms with van der Waals surface area (Å²) in [5.74, 6) is 2.24. The van der Waals surface area contributed by atoms with Gasteiger partial charge in [-0.15, -0.1) is 6.92 Å². The van der Waals surface area contributed by atoms with Crippen LogP contribution in [0.4, 0.5) is 0 Å². The Morgan fingerprint density at radius 1 is 0.852 bits per heavy atom. The van der Waals surface area contributed by atoms with Crippen LogP contribution in [0, 0.1) is 40.4 Å². The fraction of sp³-hybridized carbons (Fsp3) is 0.510. The fourth-order valence-electron chi connectivity index (χ4n) is 11.0. The Kier molecular flexibility index (Phi) is 14.1. The van der Waals surface area contributed by atoms with E-state index in [-0.39, 0.29) is 46.5 Å². The Morgan fingerprint density at radius 2 is 1.48 bits per heavy atom. The van der Waals surface area contributed by atoms with Gasteiger partial charge in [0.1, 0.15) is 0 Å². The van der Waals surface area contributed by atoms with Crippen LogP contribution < -0.4 is 24.8 Å². The average Bonchev–Trinajstić information content (AvgIpc) is 3.76. The zero-order chi connectivity index (χ0) is 37.7. The van der Waals surface area contributed by atoms with Crippen molar-refractivity contribution in [2.24, 2.45) is 27.6 Å². The summed E-state index contributed by atoms with van der Waals surface area (Å²) < 4.78 is 1.55. The maximum absolute atomic E-state index is 2.62. The van der Waals surface area contributed by atoms with Gasteiger partial charge in [-0.1, -0.05) is 165 Å². The number of fused-ring (bicyclic) bond motifs is 6. The molecule has 3 aromatic carbocycles. The van der Waals surface area contributed by atoms with E-state index in [2.05, 4.69) is 161 Å². The van der Waals surface area contributed by atoms with E-state index in [4.69, 9.17) is 0 Å². The first-order valence-electron chi connectivity index (χ1n) is 20.5. The third-order valence-corrected chi connectivity index (χ3v) is 17.4. The molecule has 0 aromatic heterocycles. The maximum atomic E-state index is 2.62. The monoisotopic (exact) mass is 838 g/mol. The quantitative estimate of drug-likeness (QED) is 0.234. The molecule has 54 heavy (non-hydrogen) atoms. The Hall–Kier alpha value is -1.79. The zero-order valence-corrected chi connectivity index (χ0v) is 39.3. The minimum atomic E-state index is 0. The summed E-state index contributed by atoms with van der Waals surface area (Å²) in [5.41, 5.74) is 15.2. The summed E-state index contributed by atoms with van der Waals surface area (Å²) >= 11 is 1.54.